The van der Waals surface area contributed by atoms with Gasteiger partial charge in [-0.05, 0) is 12.3 Å². The lowest BCUT2D eigenvalue weighted by atomic mass is 9.70. The quantitative estimate of drug-likeness (QED) is 0.681. The lowest BCUT2D eigenvalue weighted by Crippen LogP contribution is -2.42. The predicted molar refractivity (Wildman–Crippen MR) is 64.5 cm³/mol. The highest BCUT2D eigenvalue weighted by Gasteiger charge is 2.41. The number of rotatable bonds is 3. The summed E-state index contributed by atoms with van der Waals surface area (Å²) >= 11 is 0. The molecule has 3 rings (SSSR count). The summed E-state index contributed by atoms with van der Waals surface area (Å²) in [4.78, 5) is 12.3. The van der Waals surface area contributed by atoms with Crippen LogP contribution in [0.4, 0.5) is 5.82 Å². The number of imidazole rings is 1. The Bertz CT molecular complexity index is 570. The van der Waals surface area contributed by atoms with Gasteiger partial charge in [-0.2, -0.15) is 0 Å². The van der Waals surface area contributed by atoms with Crippen LogP contribution < -0.4 is 5.73 Å². The van der Waals surface area contributed by atoms with Crippen LogP contribution in [0.15, 0.2) is 12.7 Å². The molecule has 18 heavy (non-hydrogen) atoms. The molecule has 4 N–H and O–H groups in total. The van der Waals surface area contributed by atoms with Crippen molar-refractivity contribution in [3.63, 3.8) is 0 Å². The normalized spacial score (nSPS) is 27.3. The Labute approximate surface area is 103 Å². The van der Waals surface area contributed by atoms with Gasteiger partial charge in [0.15, 0.2) is 11.5 Å². The van der Waals surface area contributed by atoms with Crippen LogP contribution >= 0.6 is 0 Å². The molecule has 1 saturated carbocycles. The van der Waals surface area contributed by atoms with E-state index in [1.807, 2.05) is 4.57 Å². The van der Waals surface area contributed by atoms with E-state index in [4.69, 9.17) is 5.73 Å². The summed E-state index contributed by atoms with van der Waals surface area (Å²) in [6, 6.07) is 0.117. The summed E-state index contributed by atoms with van der Waals surface area (Å²) in [5.74, 6) is 0.553. The molecule has 0 spiro atoms. The Kier molecular flexibility index (Phi) is 2.64. The number of nitrogens with two attached hydrogens (primary N) is 1. The number of nitrogen functional groups attached to an aromatic ring is 1. The van der Waals surface area contributed by atoms with Crippen LogP contribution in [0.1, 0.15) is 12.5 Å². The van der Waals surface area contributed by atoms with Gasteiger partial charge in [-0.3, -0.25) is 0 Å². The first-order chi connectivity index (χ1) is 8.76. The van der Waals surface area contributed by atoms with Crippen molar-refractivity contribution in [2.24, 2.45) is 11.8 Å². The molecule has 7 nitrogen and oxygen atoms in total. The third-order valence-corrected chi connectivity index (χ3v) is 3.83. The highest BCUT2D eigenvalue weighted by molar-refractivity contribution is 5.81. The zero-order valence-corrected chi connectivity index (χ0v) is 9.77. The Morgan fingerprint density at radius 3 is 2.83 bits per heavy atom. The Morgan fingerprint density at radius 1 is 1.28 bits per heavy atom. The lowest BCUT2D eigenvalue weighted by Gasteiger charge is -2.43. The van der Waals surface area contributed by atoms with Crippen LogP contribution in [-0.4, -0.2) is 42.9 Å². The summed E-state index contributed by atoms with van der Waals surface area (Å²) in [5.41, 5.74) is 7.00. The molecule has 2 heterocycles. The highest BCUT2D eigenvalue weighted by atomic mass is 16.3. The van der Waals surface area contributed by atoms with Crippen molar-refractivity contribution in [3.05, 3.63) is 12.7 Å². The average Bonchev–Trinajstić information content (AvgIpc) is 2.75. The molecule has 3 atom stereocenters. The monoisotopic (exact) mass is 249 g/mol. The second-order valence-electron chi connectivity index (χ2n) is 4.68. The second kappa shape index (κ2) is 4.18. The molecule has 1 aliphatic carbocycles. The maximum Gasteiger partial charge on any atom is 0.165 e. The number of nitrogens with zero attached hydrogens (tertiary/aromatic N) is 4. The largest absolute Gasteiger partial charge is 0.396 e. The minimum absolute atomic E-state index is 0.0450. The predicted octanol–water partition coefficient (Wildman–Crippen LogP) is -0.430. The van der Waals surface area contributed by atoms with E-state index in [2.05, 4.69) is 15.0 Å². The fourth-order valence-corrected chi connectivity index (χ4v) is 2.69. The van der Waals surface area contributed by atoms with E-state index in [-0.39, 0.29) is 31.1 Å². The van der Waals surface area contributed by atoms with Crippen LogP contribution in [0.2, 0.25) is 0 Å². The van der Waals surface area contributed by atoms with Gasteiger partial charge >= 0.3 is 0 Å². The molecule has 0 radical (unpaired) electrons. The first-order valence-corrected chi connectivity index (χ1v) is 5.91. The molecule has 1 aliphatic rings. The van der Waals surface area contributed by atoms with Crippen molar-refractivity contribution in [1.82, 2.24) is 19.5 Å². The summed E-state index contributed by atoms with van der Waals surface area (Å²) in [6.07, 6.45) is 3.90. The number of aromatic nitrogens is 4. The van der Waals surface area contributed by atoms with Gasteiger partial charge < -0.3 is 20.5 Å². The van der Waals surface area contributed by atoms with E-state index in [1.54, 1.807) is 6.33 Å². The molecule has 0 aromatic carbocycles. The first-order valence-electron chi connectivity index (χ1n) is 5.91. The summed E-state index contributed by atoms with van der Waals surface area (Å²) in [7, 11) is 0. The fraction of sp³-hybridized carbons (Fsp3) is 0.545. The molecular weight excluding hydrogens is 234 g/mol. The molecule has 0 bridgehead atoms. The van der Waals surface area contributed by atoms with Gasteiger partial charge in [0.1, 0.15) is 11.8 Å². The maximum atomic E-state index is 9.38. The lowest BCUT2D eigenvalue weighted by molar-refractivity contribution is -0.00529. The second-order valence-corrected chi connectivity index (χ2v) is 4.68. The van der Waals surface area contributed by atoms with E-state index in [0.717, 1.165) is 6.42 Å². The van der Waals surface area contributed by atoms with Crippen molar-refractivity contribution >= 4 is 17.0 Å². The van der Waals surface area contributed by atoms with Gasteiger partial charge in [0.25, 0.3) is 0 Å². The molecular formula is C11H15N5O2. The molecule has 7 heteroatoms. The summed E-state index contributed by atoms with van der Waals surface area (Å²) < 4.78 is 1.92. The van der Waals surface area contributed by atoms with Crippen molar-refractivity contribution in [2.45, 2.75) is 12.5 Å². The number of fused-ring (bicyclic) bond motifs is 1. The molecule has 2 aromatic rings. The highest BCUT2D eigenvalue weighted by Crippen LogP contribution is 2.44. The van der Waals surface area contributed by atoms with Crippen LogP contribution in [0.3, 0.4) is 0 Å². The van der Waals surface area contributed by atoms with Crippen LogP contribution in [-0.2, 0) is 0 Å². The van der Waals surface area contributed by atoms with Crippen molar-refractivity contribution in [2.75, 3.05) is 18.9 Å². The minimum atomic E-state index is 0.0450. The van der Waals surface area contributed by atoms with Gasteiger partial charge in [-0.1, -0.05) is 0 Å². The van der Waals surface area contributed by atoms with E-state index < -0.39 is 0 Å². The van der Waals surface area contributed by atoms with Crippen LogP contribution in [0.25, 0.3) is 11.2 Å². The Balaban J connectivity index is 1.99. The third kappa shape index (κ3) is 1.48. The minimum Gasteiger partial charge on any atom is -0.396 e. The average molecular weight is 249 g/mol. The van der Waals surface area contributed by atoms with Crippen molar-refractivity contribution in [3.8, 4) is 0 Å². The van der Waals surface area contributed by atoms with E-state index >= 15 is 0 Å². The number of hydrogen-bond donors (Lipinski definition) is 3. The third-order valence-electron chi connectivity index (χ3n) is 3.83. The maximum absolute atomic E-state index is 9.38. The van der Waals surface area contributed by atoms with E-state index in [9.17, 15) is 10.2 Å². The standard InChI is InChI=1S/C11H15N5O2/c12-10-9-11(14-4-13-10)16(5-15-9)8-1-6(2-17)7(8)3-18/h4-8,17-18H,1-3H2,(H2,12,13,14)/t6-,7-,8-/m1/s1. The fourth-order valence-electron chi connectivity index (χ4n) is 2.69. The van der Waals surface area contributed by atoms with Gasteiger partial charge in [0.2, 0.25) is 0 Å². The van der Waals surface area contributed by atoms with Crippen LogP contribution in [0.5, 0.6) is 0 Å². The zero-order chi connectivity index (χ0) is 12.7. The molecule has 1 fully saturated rings. The van der Waals surface area contributed by atoms with E-state index in [0.29, 0.717) is 17.0 Å². The summed E-state index contributed by atoms with van der Waals surface area (Å²) in [5, 5.41) is 18.6. The number of anilines is 1. The molecule has 0 saturated heterocycles. The van der Waals surface area contributed by atoms with E-state index in [1.165, 1.54) is 6.33 Å². The SMILES string of the molecule is Nc1ncnc2c1ncn2[C@@H]1C[C@H](CO)[C@H]1CO. The first kappa shape index (κ1) is 11.4. The molecule has 96 valence electrons. The van der Waals surface area contributed by atoms with Gasteiger partial charge in [-0.15, -0.1) is 0 Å². The van der Waals surface area contributed by atoms with Crippen LogP contribution in [0, 0.1) is 11.8 Å². The number of aliphatic hydroxyl groups excluding tert-OH is 2. The Morgan fingerprint density at radius 2 is 2.11 bits per heavy atom. The Hall–Kier alpha value is -1.73. The number of aliphatic hydroxyl groups is 2. The van der Waals surface area contributed by atoms with Crippen molar-refractivity contribution < 1.29 is 10.2 Å². The summed E-state index contributed by atoms with van der Waals surface area (Å²) in [6.45, 7) is 0.154. The molecule has 0 aliphatic heterocycles. The zero-order valence-electron chi connectivity index (χ0n) is 9.77. The molecule has 2 aromatic heterocycles. The number of hydrogen-bond acceptors (Lipinski definition) is 6. The smallest absolute Gasteiger partial charge is 0.165 e. The molecule has 0 unspecified atom stereocenters. The van der Waals surface area contributed by atoms with Gasteiger partial charge in [0, 0.05) is 25.2 Å². The van der Waals surface area contributed by atoms with Crippen molar-refractivity contribution in [1.29, 1.82) is 0 Å². The molecule has 0 amide bonds. The topological polar surface area (TPSA) is 110 Å². The van der Waals surface area contributed by atoms with Gasteiger partial charge in [-0.25, -0.2) is 15.0 Å². The van der Waals surface area contributed by atoms with Gasteiger partial charge in [0.05, 0.1) is 6.33 Å².